The van der Waals surface area contributed by atoms with Crippen molar-refractivity contribution in [2.75, 3.05) is 0 Å². The summed E-state index contributed by atoms with van der Waals surface area (Å²) in [5, 5.41) is 0. The third-order valence-electron chi connectivity index (χ3n) is 0.0714. The average molecular weight is 104 g/mol. The first-order valence-electron chi connectivity index (χ1n) is 0.817. The molecule has 0 rings (SSSR count). The molecule has 6 heavy (non-hydrogen) atoms. The topological polar surface area (TPSA) is 0 Å². The zero-order chi connectivity index (χ0) is 4.28. The molecular formula is C2F3Na. The molecule has 0 N–H and O–H groups in total. The molecule has 0 heterocycles. The van der Waals surface area contributed by atoms with Gasteiger partial charge in [0.2, 0.25) is 0 Å². The normalized spacial score (nSPS) is 5.83. The Labute approximate surface area is 55.3 Å². The van der Waals surface area contributed by atoms with Gasteiger partial charge in [-0.25, -0.2) is 15.1 Å². The summed E-state index contributed by atoms with van der Waals surface area (Å²) in [7, 11) is 0. The summed E-state index contributed by atoms with van der Waals surface area (Å²) in [6, 6.07) is 0. The summed E-state index contributed by atoms with van der Waals surface area (Å²) in [5.41, 5.74) is 0. The molecule has 0 saturated heterocycles. The summed E-state index contributed by atoms with van der Waals surface area (Å²) in [6.45, 7) is 0. The van der Waals surface area contributed by atoms with Crippen LogP contribution in [0.5, 0.6) is 0 Å². The van der Waals surface area contributed by atoms with E-state index in [2.05, 4.69) is 0 Å². The van der Waals surface area contributed by atoms with Crippen LogP contribution in [0.1, 0.15) is 0 Å². The predicted molar refractivity (Wildman–Crippen MR) is 10.1 cm³/mol. The van der Waals surface area contributed by atoms with Crippen molar-refractivity contribution >= 4 is 0 Å². The molecule has 0 amide bonds. The van der Waals surface area contributed by atoms with Crippen molar-refractivity contribution in [3.63, 3.8) is 0 Å². The Balaban J connectivity index is 0. The van der Waals surface area contributed by atoms with Gasteiger partial charge in [0.25, 0.3) is 0 Å². The molecule has 0 nitrogen and oxygen atoms in total. The monoisotopic (exact) mass is 104 g/mol. The third-order valence-corrected chi connectivity index (χ3v) is 0.0714. The van der Waals surface area contributed by atoms with E-state index in [0.29, 0.717) is 0 Å². The Hall–Kier alpha value is 0.530. The summed E-state index contributed by atoms with van der Waals surface area (Å²) >= 11 is 0. The average Bonchev–Trinajstić information content (AvgIpc) is 1.38. The van der Waals surface area contributed by atoms with E-state index in [4.69, 9.17) is 0 Å². The van der Waals surface area contributed by atoms with Crippen LogP contribution in [0.25, 0.3) is 0 Å². The zero-order valence-corrected chi connectivity index (χ0v) is 5.13. The first-order chi connectivity index (χ1) is 2.27. The second-order valence-corrected chi connectivity index (χ2v) is 0.355. The van der Waals surface area contributed by atoms with Crippen LogP contribution in [0.3, 0.4) is 0 Å². The molecule has 0 aliphatic heterocycles. The van der Waals surface area contributed by atoms with Gasteiger partial charge in [0.05, 0.1) is 0 Å². The number of hydrogen-bond donors (Lipinski definition) is 0. The molecule has 0 fully saturated rings. The van der Waals surface area contributed by atoms with Crippen molar-refractivity contribution in [1.29, 1.82) is 0 Å². The van der Waals surface area contributed by atoms with Gasteiger partial charge in [0, 0.05) is 0 Å². The van der Waals surface area contributed by atoms with Crippen LogP contribution in [0, 0.1) is 6.33 Å². The van der Waals surface area contributed by atoms with E-state index in [0.717, 1.165) is 0 Å². The van der Waals surface area contributed by atoms with Crippen LogP contribution in [0.4, 0.5) is 13.2 Å². The maximum Gasteiger partial charge on any atom is 1.00 e. The van der Waals surface area contributed by atoms with Gasteiger partial charge in [0.1, 0.15) is 6.08 Å². The zero-order valence-electron chi connectivity index (χ0n) is 3.13. The standard InChI is InChI=1S/C2F3.Na/c3-1-2(4)5;/q-1;+1. The minimum atomic E-state index is -2.41. The van der Waals surface area contributed by atoms with Crippen molar-refractivity contribution in [2.24, 2.45) is 0 Å². The van der Waals surface area contributed by atoms with E-state index < -0.39 is 6.08 Å². The fraction of sp³-hybridized carbons (Fsp3) is 0. The van der Waals surface area contributed by atoms with E-state index in [1.165, 1.54) is 0 Å². The summed E-state index contributed by atoms with van der Waals surface area (Å²) < 4.78 is 30.5. The van der Waals surface area contributed by atoms with Gasteiger partial charge < -0.3 is 4.39 Å². The molecule has 0 aromatic heterocycles. The maximum atomic E-state index is 10.2. The molecule has 0 radical (unpaired) electrons. The summed E-state index contributed by atoms with van der Waals surface area (Å²) in [4.78, 5) is 0. The Morgan fingerprint density at radius 3 is 1.50 bits per heavy atom. The molecule has 0 bridgehead atoms. The smallest absolute Gasteiger partial charge is 0.453 e. The molecule has 0 aromatic rings. The molecule has 0 aliphatic rings. The maximum absolute atomic E-state index is 10.2. The van der Waals surface area contributed by atoms with Crippen molar-refractivity contribution in [1.82, 2.24) is 0 Å². The van der Waals surface area contributed by atoms with E-state index in [9.17, 15) is 13.2 Å². The van der Waals surface area contributed by atoms with Crippen molar-refractivity contribution in [3.05, 3.63) is 12.4 Å². The van der Waals surface area contributed by atoms with Gasteiger partial charge in [-0.1, -0.05) is 0 Å². The quantitative estimate of drug-likeness (QED) is 0.259. The van der Waals surface area contributed by atoms with Gasteiger partial charge in [-0.15, -0.1) is 0 Å². The summed E-state index contributed by atoms with van der Waals surface area (Å²) in [6.07, 6.45) is -2.30. The largest absolute Gasteiger partial charge is 1.00 e. The molecule has 0 unspecified atom stereocenters. The molecule has 30 valence electrons. The summed E-state index contributed by atoms with van der Waals surface area (Å²) in [5.74, 6) is 0. The minimum absolute atomic E-state index is 0. The molecule has 4 heteroatoms. The first-order valence-corrected chi connectivity index (χ1v) is 0.817. The predicted octanol–water partition coefficient (Wildman–Crippen LogP) is -1.50. The second kappa shape index (κ2) is 5.53. The Kier molecular flexibility index (Phi) is 8.97. The van der Waals surface area contributed by atoms with Crippen LogP contribution in [-0.2, 0) is 0 Å². The van der Waals surface area contributed by atoms with Crippen LogP contribution >= 0.6 is 0 Å². The minimum Gasteiger partial charge on any atom is -0.453 e. The Morgan fingerprint density at radius 2 is 1.50 bits per heavy atom. The number of halogens is 3. The van der Waals surface area contributed by atoms with E-state index in [1.807, 2.05) is 0 Å². The Morgan fingerprint density at radius 1 is 1.33 bits per heavy atom. The number of rotatable bonds is 0. The van der Waals surface area contributed by atoms with Crippen molar-refractivity contribution in [2.45, 2.75) is 0 Å². The van der Waals surface area contributed by atoms with Crippen LogP contribution in [-0.4, -0.2) is 0 Å². The van der Waals surface area contributed by atoms with Crippen molar-refractivity contribution in [3.8, 4) is 0 Å². The van der Waals surface area contributed by atoms with Gasteiger partial charge >= 0.3 is 29.6 Å². The molecule has 0 spiro atoms. The fourth-order valence-corrected chi connectivity index (χ4v) is 0. The fourth-order valence-electron chi connectivity index (χ4n) is 0. The second-order valence-electron chi connectivity index (χ2n) is 0.355. The first kappa shape index (κ1) is 9.73. The van der Waals surface area contributed by atoms with Gasteiger partial charge in [-0.2, -0.15) is 0 Å². The molecule has 0 atom stereocenters. The van der Waals surface area contributed by atoms with Gasteiger partial charge in [-0.3, -0.25) is 0 Å². The van der Waals surface area contributed by atoms with Gasteiger partial charge in [-0.05, 0) is 0 Å². The van der Waals surface area contributed by atoms with E-state index >= 15 is 0 Å². The SMILES string of the molecule is F[C-]=C(F)F.[Na+]. The third kappa shape index (κ3) is 8.82. The van der Waals surface area contributed by atoms with E-state index in [1.54, 1.807) is 0 Å². The number of hydrogen-bond acceptors (Lipinski definition) is 0. The van der Waals surface area contributed by atoms with Gasteiger partial charge in [0.15, 0.2) is 0 Å². The van der Waals surface area contributed by atoms with Crippen molar-refractivity contribution < 1.29 is 42.7 Å². The van der Waals surface area contributed by atoms with Crippen LogP contribution in [0.15, 0.2) is 6.08 Å². The van der Waals surface area contributed by atoms with E-state index in [-0.39, 0.29) is 35.9 Å². The van der Waals surface area contributed by atoms with Crippen LogP contribution < -0.4 is 29.6 Å². The Bertz CT molecular complexity index is 46.8. The van der Waals surface area contributed by atoms with Crippen LogP contribution in [0.2, 0.25) is 0 Å². The molecule has 0 aromatic carbocycles. The molecular weight excluding hydrogens is 104 g/mol. The molecule has 0 saturated carbocycles. The molecule has 0 aliphatic carbocycles.